The molecule has 0 radical (unpaired) electrons. The highest BCUT2D eigenvalue weighted by molar-refractivity contribution is 14.1. The molecule has 1 saturated carbocycles. The van der Waals surface area contributed by atoms with E-state index >= 15 is 0 Å². The van der Waals surface area contributed by atoms with E-state index in [2.05, 4.69) is 4.90 Å². The number of benzene rings is 2. The predicted octanol–water partition coefficient (Wildman–Crippen LogP) is 6.07. The monoisotopic (exact) mass is 612 g/mol. The second kappa shape index (κ2) is 8.86. The van der Waals surface area contributed by atoms with Crippen molar-refractivity contribution in [2.45, 2.75) is 50.6 Å². The summed E-state index contributed by atoms with van der Waals surface area (Å²) in [5, 5.41) is 11.9. The van der Waals surface area contributed by atoms with Crippen LogP contribution in [0.25, 0.3) is 0 Å². The normalized spacial score (nSPS) is 24.9. The molecule has 1 fully saturated rings. The van der Waals surface area contributed by atoms with Crippen molar-refractivity contribution >= 4 is 57.4 Å². The highest BCUT2D eigenvalue weighted by Gasteiger charge is 2.59. The molecule has 1 N–H and O–H groups in total. The largest absolute Gasteiger partial charge is 0.416 e. The first-order chi connectivity index (χ1) is 15.4. The number of amides is 1. The summed E-state index contributed by atoms with van der Waals surface area (Å²) in [7, 11) is 0. The molecule has 1 amide bonds. The Morgan fingerprint density at radius 1 is 1.18 bits per heavy atom. The summed E-state index contributed by atoms with van der Waals surface area (Å²) in [6.45, 7) is 5.79. The third-order valence-electron chi connectivity index (χ3n) is 6.64. The average Bonchev–Trinajstić information content (AvgIpc) is 2.91. The van der Waals surface area contributed by atoms with Crippen molar-refractivity contribution in [3.05, 3.63) is 60.6 Å². The van der Waals surface area contributed by atoms with Crippen molar-refractivity contribution < 1.29 is 23.1 Å². The van der Waals surface area contributed by atoms with Crippen LogP contribution in [0.4, 0.5) is 18.9 Å². The Labute approximate surface area is 213 Å². The van der Waals surface area contributed by atoms with E-state index in [1.54, 1.807) is 22.6 Å². The van der Waals surface area contributed by atoms with Crippen LogP contribution in [0.5, 0.6) is 0 Å². The van der Waals surface area contributed by atoms with Gasteiger partial charge in [-0.05, 0) is 72.8 Å². The fraction of sp³-hybridized carbons (Fsp3) is 0.435. The van der Waals surface area contributed by atoms with E-state index in [0.717, 1.165) is 19.2 Å². The van der Waals surface area contributed by atoms with Gasteiger partial charge < -0.3 is 14.9 Å². The van der Waals surface area contributed by atoms with Crippen LogP contribution >= 0.6 is 45.8 Å². The summed E-state index contributed by atoms with van der Waals surface area (Å²) >= 11 is 14.1. The van der Waals surface area contributed by atoms with Crippen LogP contribution in [-0.4, -0.2) is 41.1 Å². The maximum atomic E-state index is 14.2. The molecule has 178 valence electrons. The summed E-state index contributed by atoms with van der Waals surface area (Å²) in [5.74, 6) is -0.822. The number of hydrogen-bond acceptors (Lipinski definition) is 3. The van der Waals surface area contributed by atoms with Gasteiger partial charge in [-0.25, -0.2) is 0 Å². The Bertz CT molecular complexity index is 1100. The number of nitrogens with zero attached hydrogens (tertiary/aromatic N) is 2. The zero-order valence-electron chi connectivity index (χ0n) is 17.9. The van der Waals surface area contributed by atoms with E-state index in [1.165, 1.54) is 29.2 Å². The minimum atomic E-state index is -4.78. The summed E-state index contributed by atoms with van der Waals surface area (Å²) in [4.78, 5) is 17.4. The molecule has 1 heterocycles. The topological polar surface area (TPSA) is 43.8 Å². The van der Waals surface area contributed by atoms with Crippen LogP contribution in [0.2, 0.25) is 10.0 Å². The number of rotatable bonds is 5. The van der Waals surface area contributed by atoms with Gasteiger partial charge >= 0.3 is 6.18 Å². The molecule has 0 saturated heterocycles. The van der Waals surface area contributed by atoms with Crippen molar-refractivity contribution in [1.82, 2.24) is 4.90 Å². The van der Waals surface area contributed by atoms with Gasteiger partial charge in [-0.15, -0.1) is 0 Å². The molecule has 1 aliphatic heterocycles. The average molecular weight is 613 g/mol. The Balaban J connectivity index is 1.89. The Kier molecular flexibility index (Phi) is 6.72. The van der Waals surface area contributed by atoms with Crippen molar-refractivity contribution in [2.24, 2.45) is 0 Å². The van der Waals surface area contributed by atoms with E-state index < -0.39 is 28.8 Å². The molecule has 0 aromatic heterocycles. The van der Waals surface area contributed by atoms with Gasteiger partial charge in [0, 0.05) is 36.8 Å². The molecule has 2 aliphatic rings. The smallest absolute Gasteiger partial charge is 0.372 e. The molecule has 1 atom stereocenters. The maximum absolute atomic E-state index is 14.2. The molecule has 33 heavy (non-hydrogen) atoms. The van der Waals surface area contributed by atoms with E-state index in [0.29, 0.717) is 16.4 Å². The first-order valence-corrected chi connectivity index (χ1v) is 12.4. The van der Waals surface area contributed by atoms with E-state index in [1.807, 2.05) is 13.8 Å². The molecule has 2 aromatic carbocycles. The minimum absolute atomic E-state index is 0.0764. The second-order valence-corrected chi connectivity index (χ2v) is 10.4. The number of carbonyl (C=O) groups is 1. The highest BCUT2D eigenvalue weighted by atomic mass is 127. The number of anilines is 1. The molecular formula is C23H22Cl2F3IN2O2. The first kappa shape index (κ1) is 25.0. The maximum Gasteiger partial charge on any atom is 0.416 e. The lowest BCUT2D eigenvalue weighted by atomic mass is 9.83. The number of alkyl halides is 3. The van der Waals surface area contributed by atoms with Crippen LogP contribution in [0.15, 0.2) is 30.3 Å². The van der Waals surface area contributed by atoms with E-state index in [9.17, 15) is 23.1 Å². The predicted molar refractivity (Wildman–Crippen MR) is 131 cm³/mol. The fourth-order valence-corrected chi connectivity index (χ4v) is 6.13. The van der Waals surface area contributed by atoms with Crippen molar-refractivity contribution in [3.8, 4) is 0 Å². The van der Waals surface area contributed by atoms with E-state index in [4.69, 9.17) is 23.2 Å². The standard InChI is InChI=1S/C23H22Cl2F3IN2O2/c1-3-30(4-2)14-10-15(11-14)31-19-9-13(29)8-17(23(26,27)28)20(19)22(33,21(31)32)16-6-5-12(24)7-18(16)25/h5-9,14-15,33H,3-4,10-11H2,1-2H3/t14-,15-,22?. The number of fused-ring (bicyclic) bond motifs is 1. The zero-order valence-corrected chi connectivity index (χ0v) is 21.6. The summed E-state index contributed by atoms with van der Waals surface area (Å²) < 4.78 is 42.8. The SMILES string of the molecule is CCN(CC)[C@H]1C[C@H](N2C(=O)C(O)(c3ccc(Cl)cc3Cl)c3c2cc(I)cc3C(F)(F)F)C1. The van der Waals surface area contributed by atoms with Crippen LogP contribution in [-0.2, 0) is 16.6 Å². The van der Waals surface area contributed by atoms with Gasteiger partial charge in [-0.2, -0.15) is 13.2 Å². The second-order valence-electron chi connectivity index (χ2n) is 8.36. The van der Waals surface area contributed by atoms with Crippen molar-refractivity contribution in [2.75, 3.05) is 18.0 Å². The molecule has 0 bridgehead atoms. The number of aliphatic hydroxyl groups is 1. The Morgan fingerprint density at radius 2 is 1.82 bits per heavy atom. The molecule has 2 aromatic rings. The van der Waals surface area contributed by atoms with Crippen LogP contribution < -0.4 is 4.90 Å². The van der Waals surface area contributed by atoms with Gasteiger partial charge in [0.25, 0.3) is 5.91 Å². The number of halogens is 6. The van der Waals surface area contributed by atoms with Gasteiger partial charge in [0.05, 0.1) is 11.3 Å². The van der Waals surface area contributed by atoms with Crippen LogP contribution in [0, 0.1) is 3.57 Å². The van der Waals surface area contributed by atoms with Crippen molar-refractivity contribution in [3.63, 3.8) is 0 Å². The van der Waals surface area contributed by atoms with Gasteiger partial charge in [0.2, 0.25) is 0 Å². The zero-order chi connectivity index (χ0) is 24.3. The summed E-state index contributed by atoms with van der Waals surface area (Å²) in [6.07, 6.45) is -3.55. The Morgan fingerprint density at radius 3 is 2.36 bits per heavy atom. The molecule has 1 unspecified atom stereocenters. The Hall–Kier alpha value is -1.07. The molecule has 4 rings (SSSR count). The quantitative estimate of drug-likeness (QED) is 0.417. The number of hydrogen-bond donors (Lipinski definition) is 1. The fourth-order valence-electron chi connectivity index (χ4n) is 4.98. The van der Waals surface area contributed by atoms with Gasteiger partial charge in [-0.3, -0.25) is 4.79 Å². The van der Waals surface area contributed by atoms with Gasteiger partial charge in [-0.1, -0.05) is 43.1 Å². The lowest BCUT2D eigenvalue weighted by Gasteiger charge is -2.46. The third-order valence-corrected chi connectivity index (χ3v) is 7.81. The lowest BCUT2D eigenvalue weighted by Crippen LogP contribution is -2.56. The lowest BCUT2D eigenvalue weighted by molar-refractivity contribution is -0.142. The molecule has 10 heteroatoms. The molecule has 4 nitrogen and oxygen atoms in total. The minimum Gasteiger partial charge on any atom is -0.372 e. The van der Waals surface area contributed by atoms with E-state index in [-0.39, 0.29) is 33.4 Å². The molecule has 0 spiro atoms. The van der Waals surface area contributed by atoms with Gasteiger partial charge in [0.1, 0.15) is 0 Å². The highest BCUT2D eigenvalue weighted by Crippen LogP contribution is 2.54. The first-order valence-electron chi connectivity index (χ1n) is 10.6. The molecule has 1 aliphatic carbocycles. The summed E-state index contributed by atoms with van der Waals surface area (Å²) in [6, 6.07) is 6.41. The van der Waals surface area contributed by atoms with Crippen LogP contribution in [0.1, 0.15) is 43.4 Å². The number of carbonyl (C=O) groups excluding carboxylic acids is 1. The molecular weight excluding hydrogens is 591 g/mol. The van der Waals surface area contributed by atoms with Crippen molar-refractivity contribution in [1.29, 1.82) is 0 Å². The van der Waals surface area contributed by atoms with Crippen LogP contribution in [0.3, 0.4) is 0 Å². The summed E-state index contributed by atoms with van der Waals surface area (Å²) in [5.41, 5.74) is -4.14. The van der Waals surface area contributed by atoms with Gasteiger partial charge in [0.15, 0.2) is 5.60 Å². The third kappa shape index (κ3) is 4.05.